The van der Waals surface area contributed by atoms with Gasteiger partial charge in [0.25, 0.3) is 0 Å². The molecule has 1 rings (SSSR count). The van der Waals surface area contributed by atoms with Crippen LogP contribution in [-0.4, -0.2) is 46.5 Å². The van der Waals surface area contributed by atoms with E-state index in [1.165, 1.54) is 11.3 Å². The Morgan fingerprint density at radius 1 is 1.30 bits per heavy atom. The van der Waals surface area contributed by atoms with Crippen molar-refractivity contribution >= 4 is 21.4 Å². The molecule has 0 radical (unpaired) electrons. The molecule has 0 unspecified atom stereocenters. The first-order valence-corrected chi connectivity index (χ1v) is 9.33. The van der Waals surface area contributed by atoms with Gasteiger partial charge in [-0.05, 0) is 32.6 Å². The molecule has 0 aliphatic heterocycles. The van der Waals surface area contributed by atoms with E-state index in [9.17, 15) is 8.42 Å². The summed E-state index contributed by atoms with van der Waals surface area (Å²) < 4.78 is 26.9. The largest absolute Gasteiger partial charge is 0.315 e. The lowest BCUT2D eigenvalue weighted by molar-refractivity contribution is 0.293. The first-order valence-electron chi connectivity index (χ1n) is 6.97. The smallest absolute Gasteiger partial charge is 0.241 e. The van der Waals surface area contributed by atoms with Gasteiger partial charge in [0, 0.05) is 29.9 Å². The Balaban J connectivity index is 2.52. The van der Waals surface area contributed by atoms with Gasteiger partial charge in [-0.25, -0.2) is 13.1 Å². The van der Waals surface area contributed by atoms with Crippen LogP contribution in [0.1, 0.15) is 25.1 Å². The van der Waals surface area contributed by atoms with Crippen molar-refractivity contribution in [1.29, 1.82) is 0 Å². The van der Waals surface area contributed by atoms with Gasteiger partial charge in [0.15, 0.2) is 0 Å². The normalized spacial score (nSPS) is 12.2. The van der Waals surface area contributed by atoms with Gasteiger partial charge in [-0.1, -0.05) is 13.8 Å². The lowest BCUT2D eigenvalue weighted by Gasteiger charge is -2.19. The topological polar surface area (TPSA) is 61.4 Å². The third-order valence-electron chi connectivity index (χ3n) is 3.00. The summed E-state index contributed by atoms with van der Waals surface area (Å²) in [6.07, 6.45) is 1.08. The summed E-state index contributed by atoms with van der Waals surface area (Å²) in [5.41, 5.74) is 0. The first kappa shape index (κ1) is 17.6. The molecular weight excluding hydrogens is 294 g/mol. The SMILES string of the molecule is CCCN(CC)CCNS(=O)(=O)c1csc(CNC)c1. The second-order valence-electron chi connectivity index (χ2n) is 4.61. The van der Waals surface area contributed by atoms with E-state index in [0.717, 1.165) is 30.9 Å². The highest BCUT2D eigenvalue weighted by atomic mass is 32.2. The fourth-order valence-corrected chi connectivity index (χ4v) is 4.24. The van der Waals surface area contributed by atoms with Crippen LogP contribution in [0.4, 0.5) is 0 Å². The van der Waals surface area contributed by atoms with E-state index in [2.05, 4.69) is 28.8 Å². The predicted molar refractivity (Wildman–Crippen MR) is 84.7 cm³/mol. The first-order chi connectivity index (χ1) is 9.53. The van der Waals surface area contributed by atoms with Crippen molar-refractivity contribution in [2.75, 3.05) is 33.2 Å². The van der Waals surface area contributed by atoms with Gasteiger partial charge in [0.1, 0.15) is 0 Å². The standard InChI is InChI=1S/C13H25N3O2S2/c1-4-7-16(5-2)8-6-15-20(17,18)13-9-12(10-14-3)19-11-13/h9,11,14-15H,4-8,10H2,1-3H3. The summed E-state index contributed by atoms with van der Waals surface area (Å²) in [5.74, 6) is 0. The van der Waals surface area contributed by atoms with Crippen LogP contribution in [0.25, 0.3) is 0 Å². The zero-order chi connectivity index (χ0) is 15.0. The monoisotopic (exact) mass is 319 g/mol. The molecule has 2 N–H and O–H groups in total. The van der Waals surface area contributed by atoms with E-state index in [4.69, 9.17) is 0 Å². The Labute approximate surface area is 126 Å². The van der Waals surface area contributed by atoms with Crippen LogP contribution in [0.3, 0.4) is 0 Å². The van der Waals surface area contributed by atoms with E-state index in [-0.39, 0.29) is 0 Å². The Kier molecular flexibility index (Phi) is 7.68. The lowest BCUT2D eigenvalue weighted by Crippen LogP contribution is -2.35. The zero-order valence-electron chi connectivity index (χ0n) is 12.5. The number of sulfonamides is 1. The van der Waals surface area contributed by atoms with Crippen LogP contribution < -0.4 is 10.0 Å². The molecule has 1 aromatic heterocycles. The predicted octanol–water partition coefficient (Wildman–Crippen LogP) is 1.48. The molecule has 5 nitrogen and oxygen atoms in total. The van der Waals surface area contributed by atoms with Crippen molar-refractivity contribution in [2.45, 2.75) is 31.7 Å². The van der Waals surface area contributed by atoms with E-state index >= 15 is 0 Å². The molecule has 0 bridgehead atoms. The van der Waals surface area contributed by atoms with Gasteiger partial charge in [0.2, 0.25) is 10.0 Å². The Morgan fingerprint density at radius 2 is 2.05 bits per heavy atom. The number of likely N-dealkylation sites (N-methyl/N-ethyl adjacent to an activating group) is 1. The van der Waals surface area contributed by atoms with Crippen LogP contribution in [-0.2, 0) is 16.6 Å². The van der Waals surface area contributed by atoms with Gasteiger partial charge >= 0.3 is 0 Å². The second kappa shape index (κ2) is 8.74. The maximum atomic E-state index is 12.1. The fraction of sp³-hybridized carbons (Fsp3) is 0.692. The molecule has 7 heteroatoms. The Bertz CT molecular complexity index is 486. The number of hydrogen-bond acceptors (Lipinski definition) is 5. The minimum absolute atomic E-state index is 0.367. The van der Waals surface area contributed by atoms with Crippen LogP contribution in [0, 0.1) is 0 Å². The third kappa shape index (κ3) is 5.49. The summed E-state index contributed by atoms with van der Waals surface area (Å²) in [4.78, 5) is 3.63. The van der Waals surface area contributed by atoms with E-state index in [1.807, 2.05) is 7.05 Å². The van der Waals surface area contributed by atoms with Crippen molar-refractivity contribution in [2.24, 2.45) is 0 Å². The third-order valence-corrected chi connectivity index (χ3v) is 5.52. The van der Waals surface area contributed by atoms with Crippen LogP contribution in [0.2, 0.25) is 0 Å². The average molecular weight is 319 g/mol. The van der Waals surface area contributed by atoms with Gasteiger partial charge in [-0.3, -0.25) is 0 Å². The number of nitrogens with one attached hydrogen (secondary N) is 2. The Morgan fingerprint density at radius 3 is 2.65 bits per heavy atom. The minimum Gasteiger partial charge on any atom is -0.315 e. The van der Waals surface area contributed by atoms with Gasteiger partial charge in [-0.2, -0.15) is 0 Å². The molecule has 0 spiro atoms. The number of rotatable bonds is 10. The summed E-state index contributed by atoms with van der Waals surface area (Å²) in [6.45, 7) is 8.06. The van der Waals surface area contributed by atoms with Crippen molar-refractivity contribution < 1.29 is 8.42 Å². The maximum absolute atomic E-state index is 12.1. The van der Waals surface area contributed by atoms with E-state index in [1.54, 1.807) is 11.4 Å². The number of nitrogens with zero attached hydrogens (tertiary/aromatic N) is 1. The Hall–Kier alpha value is -0.470. The highest BCUT2D eigenvalue weighted by Crippen LogP contribution is 2.18. The molecule has 1 aromatic rings. The highest BCUT2D eigenvalue weighted by Gasteiger charge is 2.15. The minimum atomic E-state index is -3.37. The summed E-state index contributed by atoms with van der Waals surface area (Å²) in [5, 5.41) is 4.71. The molecule has 0 amide bonds. The van der Waals surface area contributed by atoms with Gasteiger partial charge in [0.05, 0.1) is 4.90 Å². The van der Waals surface area contributed by atoms with E-state index < -0.39 is 10.0 Å². The molecule has 0 saturated heterocycles. The van der Waals surface area contributed by atoms with Gasteiger partial charge in [-0.15, -0.1) is 11.3 Å². The molecular formula is C13H25N3O2S2. The fourth-order valence-electron chi connectivity index (χ4n) is 1.93. The lowest BCUT2D eigenvalue weighted by atomic mass is 10.4. The number of thiophene rings is 1. The average Bonchev–Trinajstić information content (AvgIpc) is 2.87. The van der Waals surface area contributed by atoms with Crippen molar-refractivity contribution in [3.8, 4) is 0 Å². The molecule has 0 saturated carbocycles. The summed E-state index contributed by atoms with van der Waals surface area (Å²) in [6, 6.07) is 1.73. The molecule has 0 aliphatic carbocycles. The maximum Gasteiger partial charge on any atom is 0.241 e. The molecule has 0 aromatic carbocycles. The molecule has 0 fully saturated rings. The van der Waals surface area contributed by atoms with Crippen LogP contribution in [0.5, 0.6) is 0 Å². The zero-order valence-corrected chi connectivity index (χ0v) is 14.1. The highest BCUT2D eigenvalue weighted by molar-refractivity contribution is 7.89. The molecule has 20 heavy (non-hydrogen) atoms. The second-order valence-corrected chi connectivity index (χ2v) is 7.37. The van der Waals surface area contributed by atoms with Gasteiger partial charge < -0.3 is 10.2 Å². The summed E-state index contributed by atoms with van der Waals surface area (Å²) >= 11 is 1.46. The van der Waals surface area contributed by atoms with Crippen LogP contribution >= 0.6 is 11.3 Å². The van der Waals surface area contributed by atoms with Crippen molar-refractivity contribution in [3.05, 3.63) is 16.3 Å². The number of hydrogen-bond donors (Lipinski definition) is 2. The summed E-state index contributed by atoms with van der Waals surface area (Å²) in [7, 11) is -1.52. The molecule has 1 heterocycles. The quantitative estimate of drug-likeness (QED) is 0.686. The molecule has 116 valence electrons. The van der Waals surface area contributed by atoms with Crippen LogP contribution in [0.15, 0.2) is 16.3 Å². The van der Waals surface area contributed by atoms with Crippen molar-refractivity contribution in [1.82, 2.24) is 14.9 Å². The molecule has 0 atom stereocenters. The van der Waals surface area contributed by atoms with Crippen molar-refractivity contribution in [3.63, 3.8) is 0 Å². The van der Waals surface area contributed by atoms with E-state index in [0.29, 0.717) is 18.0 Å². The molecule has 0 aliphatic rings.